The van der Waals surface area contributed by atoms with E-state index in [-0.39, 0.29) is 18.8 Å². The molecule has 4 aromatic heterocycles. The van der Waals surface area contributed by atoms with Crippen LogP contribution in [0.4, 0.5) is 14.6 Å². The lowest BCUT2D eigenvalue weighted by Crippen LogP contribution is -2.22. The van der Waals surface area contributed by atoms with Crippen LogP contribution in [0.3, 0.4) is 0 Å². The Labute approximate surface area is 191 Å². The minimum atomic E-state index is -1.29. The summed E-state index contributed by atoms with van der Waals surface area (Å²) in [5, 5.41) is 6.45. The van der Waals surface area contributed by atoms with Gasteiger partial charge < -0.3 is 15.6 Å². The van der Waals surface area contributed by atoms with Gasteiger partial charge in [-0.05, 0) is 24.3 Å². The zero-order valence-corrected chi connectivity index (χ0v) is 18.2. The summed E-state index contributed by atoms with van der Waals surface area (Å²) in [4.78, 5) is 25.1. The zero-order chi connectivity index (χ0) is 22.6. The molecule has 1 atom stereocenters. The lowest BCUT2D eigenvalue weighted by Gasteiger charge is -2.06. The van der Waals surface area contributed by atoms with E-state index in [2.05, 4.69) is 40.5 Å². The summed E-state index contributed by atoms with van der Waals surface area (Å²) in [6, 6.07) is 10.7. The van der Waals surface area contributed by atoms with Crippen molar-refractivity contribution in [2.24, 2.45) is 0 Å². The van der Waals surface area contributed by atoms with Crippen LogP contribution in [0, 0.1) is 5.82 Å². The van der Waals surface area contributed by atoms with Gasteiger partial charge in [-0.15, -0.1) is 0 Å². The number of hydrogen-bond acceptors (Lipinski definition) is 8. The Morgan fingerprint density at radius 1 is 1.06 bits per heavy atom. The molecule has 3 N–H and O–H groups in total. The van der Waals surface area contributed by atoms with Crippen LogP contribution in [-0.4, -0.2) is 43.0 Å². The van der Waals surface area contributed by atoms with Gasteiger partial charge in [-0.1, -0.05) is 23.5 Å². The number of alkyl halides is 1. The molecule has 0 bridgehead atoms. The van der Waals surface area contributed by atoms with Crippen molar-refractivity contribution in [1.29, 1.82) is 0 Å². The summed E-state index contributed by atoms with van der Waals surface area (Å²) in [5.74, 6) is 0.860. The number of nitrogens with zero attached hydrogens (tertiary/aromatic N) is 5. The van der Waals surface area contributed by atoms with Gasteiger partial charge in [-0.3, -0.25) is 4.98 Å². The second-order valence-electron chi connectivity index (χ2n) is 7.34. The molecule has 168 valence electrons. The smallest absolute Gasteiger partial charge is 0.164 e. The zero-order valence-electron chi connectivity index (χ0n) is 17.4. The van der Waals surface area contributed by atoms with Gasteiger partial charge in [0.15, 0.2) is 12.0 Å². The van der Waals surface area contributed by atoms with E-state index in [1.165, 1.54) is 36.0 Å². The monoisotopic (exact) mass is 466 g/mol. The van der Waals surface area contributed by atoms with Gasteiger partial charge in [-0.2, -0.15) is 0 Å². The third-order valence-electron chi connectivity index (χ3n) is 5.04. The van der Waals surface area contributed by atoms with Crippen molar-refractivity contribution in [2.45, 2.75) is 19.1 Å². The Bertz CT molecular complexity index is 1350. The predicted octanol–water partition coefficient (Wildman–Crippen LogP) is 3.95. The van der Waals surface area contributed by atoms with Crippen molar-refractivity contribution >= 4 is 38.5 Å². The van der Waals surface area contributed by atoms with Crippen molar-refractivity contribution in [2.75, 3.05) is 18.4 Å². The van der Waals surface area contributed by atoms with Crippen molar-refractivity contribution < 1.29 is 8.78 Å². The molecule has 0 aliphatic carbocycles. The third-order valence-corrected chi connectivity index (χ3v) is 6.09. The Morgan fingerprint density at radius 3 is 2.85 bits per heavy atom. The molecule has 0 aliphatic rings. The molecule has 0 unspecified atom stereocenters. The first-order chi connectivity index (χ1) is 16.2. The SMILES string of the molecule is Fc1cccnc1CNc1ncnc2sc([C@H](F)CNCCc3nc4ccccc4[nH]3)nc12. The first-order valence-electron chi connectivity index (χ1n) is 10.4. The highest BCUT2D eigenvalue weighted by Gasteiger charge is 2.18. The number of aromatic amines is 1. The van der Waals surface area contributed by atoms with Gasteiger partial charge in [0.2, 0.25) is 0 Å². The number of hydrogen-bond donors (Lipinski definition) is 3. The first-order valence-corrected chi connectivity index (χ1v) is 11.2. The molecule has 5 aromatic rings. The molecule has 5 rings (SSSR count). The Kier molecular flexibility index (Phi) is 6.13. The van der Waals surface area contributed by atoms with Crippen molar-refractivity contribution in [3.05, 3.63) is 71.3 Å². The van der Waals surface area contributed by atoms with E-state index in [9.17, 15) is 8.78 Å². The molecular formula is C22H20F2N8S. The minimum Gasteiger partial charge on any atom is -0.362 e. The number of rotatable bonds is 9. The summed E-state index contributed by atoms with van der Waals surface area (Å²) < 4.78 is 28.7. The summed E-state index contributed by atoms with van der Waals surface area (Å²) in [6.07, 6.45) is 2.26. The first kappa shape index (κ1) is 21.3. The topological polar surface area (TPSA) is 104 Å². The molecule has 1 aromatic carbocycles. The lowest BCUT2D eigenvalue weighted by atomic mass is 10.3. The number of nitrogens with one attached hydrogen (secondary N) is 3. The van der Waals surface area contributed by atoms with E-state index < -0.39 is 12.0 Å². The molecule has 4 heterocycles. The molecule has 0 fully saturated rings. The Hall–Kier alpha value is -3.57. The molecule has 0 radical (unpaired) electrons. The molecular weight excluding hydrogens is 446 g/mol. The number of para-hydroxylation sites is 2. The number of fused-ring (bicyclic) bond motifs is 2. The molecule has 0 saturated heterocycles. The maximum Gasteiger partial charge on any atom is 0.164 e. The van der Waals surface area contributed by atoms with E-state index in [0.717, 1.165) is 16.9 Å². The quantitative estimate of drug-likeness (QED) is 0.283. The van der Waals surface area contributed by atoms with Crippen LogP contribution in [-0.2, 0) is 13.0 Å². The summed E-state index contributed by atoms with van der Waals surface area (Å²) in [7, 11) is 0. The van der Waals surface area contributed by atoms with E-state index in [0.29, 0.717) is 34.1 Å². The van der Waals surface area contributed by atoms with E-state index in [1.807, 2.05) is 24.3 Å². The number of halogens is 2. The van der Waals surface area contributed by atoms with Gasteiger partial charge in [0, 0.05) is 25.7 Å². The van der Waals surface area contributed by atoms with Crippen LogP contribution in [0.25, 0.3) is 21.4 Å². The van der Waals surface area contributed by atoms with Crippen LogP contribution >= 0.6 is 11.3 Å². The minimum absolute atomic E-state index is 0.120. The molecule has 0 aliphatic heterocycles. The molecule has 11 heteroatoms. The molecule has 0 spiro atoms. The summed E-state index contributed by atoms with van der Waals surface area (Å²) in [5.41, 5.74) is 2.62. The fourth-order valence-corrected chi connectivity index (χ4v) is 4.28. The number of aromatic nitrogens is 6. The fourth-order valence-electron chi connectivity index (χ4n) is 3.40. The normalized spacial score (nSPS) is 12.4. The van der Waals surface area contributed by atoms with Crippen LogP contribution in [0.15, 0.2) is 48.9 Å². The molecule has 0 saturated carbocycles. The number of anilines is 1. The standard InChI is InChI=1S/C22H20F2N8S/c23-13-4-3-8-26-17(13)11-27-20-19-22(29-12-28-20)33-21(32-19)14(24)10-25-9-7-18-30-15-5-1-2-6-16(15)31-18/h1-6,8,12,14,25H,7,9-11H2,(H,30,31)(H,27,28,29)/t14-/m1/s1. The maximum absolute atomic E-state index is 14.8. The van der Waals surface area contributed by atoms with Crippen LogP contribution in [0.5, 0.6) is 0 Å². The van der Waals surface area contributed by atoms with Crippen LogP contribution < -0.4 is 10.6 Å². The van der Waals surface area contributed by atoms with Crippen molar-refractivity contribution in [3.63, 3.8) is 0 Å². The van der Waals surface area contributed by atoms with E-state index in [1.54, 1.807) is 0 Å². The van der Waals surface area contributed by atoms with E-state index >= 15 is 0 Å². The largest absolute Gasteiger partial charge is 0.362 e. The number of thiazole rings is 1. The fraction of sp³-hybridized carbons (Fsp3) is 0.227. The van der Waals surface area contributed by atoms with Gasteiger partial charge in [0.05, 0.1) is 23.3 Å². The van der Waals surface area contributed by atoms with Crippen LogP contribution in [0.2, 0.25) is 0 Å². The van der Waals surface area contributed by atoms with Gasteiger partial charge in [0.25, 0.3) is 0 Å². The van der Waals surface area contributed by atoms with Crippen LogP contribution in [0.1, 0.15) is 22.7 Å². The number of imidazole rings is 1. The highest BCUT2D eigenvalue weighted by atomic mass is 32.1. The Balaban J connectivity index is 1.19. The Morgan fingerprint density at radius 2 is 1.97 bits per heavy atom. The average Bonchev–Trinajstić information content (AvgIpc) is 3.45. The van der Waals surface area contributed by atoms with Crippen molar-refractivity contribution in [1.82, 2.24) is 35.2 Å². The molecule has 8 nitrogen and oxygen atoms in total. The predicted molar refractivity (Wildman–Crippen MR) is 123 cm³/mol. The number of pyridine rings is 1. The number of H-pyrrole nitrogens is 1. The van der Waals surface area contributed by atoms with Gasteiger partial charge in [0.1, 0.15) is 33.3 Å². The highest BCUT2D eigenvalue weighted by Crippen LogP contribution is 2.30. The highest BCUT2D eigenvalue weighted by molar-refractivity contribution is 7.18. The lowest BCUT2D eigenvalue weighted by molar-refractivity contribution is 0.328. The van der Waals surface area contributed by atoms with Gasteiger partial charge >= 0.3 is 0 Å². The van der Waals surface area contributed by atoms with Gasteiger partial charge in [-0.25, -0.2) is 28.7 Å². The molecule has 33 heavy (non-hydrogen) atoms. The third kappa shape index (κ3) is 4.78. The second-order valence-corrected chi connectivity index (χ2v) is 8.35. The number of benzene rings is 1. The average molecular weight is 467 g/mol. The summed E-state index contributed by atoms with van der Waals surface area (Å²) >= 11 is 1.18. The molecule has 0 amide bonds. The second kappa shape index (κ2) is 9.51. The summed E-state index contributed by atoms with van der Waals surface area (Å²) in [6.45, 7) is 0.830. The van der Waals surface area contributed by atoms with Crippen molar-refractivity contribution in [3.8, 4) is 0 Å². The van der Waals surface area contributed by atoms with E-state index in [4.69, 9.17) is 0 Å². The maximum atomic E-state index is 14.8.